The lowest BCUT2D eigenvalue weighted by Gasteiger charge is -2.21. The maximum Gasteiger partial charge on any atom is 0.416 e. The second-order valence-electron chi connectivity index (χ2n) is 7.45. The number of hydrogen-bond donors (Lipinski definition) is 2. The normalized spacial score (nSPS) is 15.8. The summed E-state index contributed by atoms with van der Waals surface area (Å²) >= 11 is 0. The smallest absolute Gasteiger partial charge is 0.311 e. The molecule has 2 N–H and O–H groups in total. The minimum absolute atomic E-state index is 0.435. The molecular formula is C24H18F4N4O2. The van der Waals surface area contributed by atoms with E-state index in [1.165, 1.54) is 11.9 Å². The van der Waals surface area contributed by atoms with Crippen LogP contribution in [0.2, 0.25) is 0 Å². The highest BCUT2D eigenvalue weighted by atomic mass is 19.4. The molecule has 0 bridgehead atoms. The number of carbonyl (C=O) groups excluding carboxylic acids is 2. The van der Waals surface area contributed by atoms with E-state index in [-0.39, 0.29) is 0 Å². The van der Waals surface area contributed by atoms with Crippen molar-refractivity contribution < 1.29 is 27.2 Å². The van der Waals surface area contributed by atoms with Crippen molar-refractivity contribution in [3.05, 3.63) is 95.3 Å². The Hall–Kier alpha value is -4.21. The molecule has 1 aliphatic heterocycles. The van der Waals surface area contributed by atoms with E-state index in [0.717, 1.165) is 0 Å². The Morgan fingerprint density at radius 1 is 1.00 bits per heavy atom. The van der Waals surface area contributed by atoms with Gasteiger partial charge >= 0.3 is 12.2 Å². The van der Waals surface area contributed by atoms with Crippen LogP contribution in [0.1, 0.15) is 16.7 Å². The predicted molar refractivity (Wildman–Crippen MR) is 119 cm³/mol. The van der Waals surface area contributed by atoms with Gasteiger partial charge in [-0.15, -0.1) is 0 Å². The number of hydrogen-bond acceptors (Lipinski definition) is 3. The second kappa shape index (κ2) is 8.97. The van der Waals surface area contributed by atoms with Crippen molar-refractivity contribution in [3.8, 4) is 0 Å². The summed E-state index contributed by atoms with van der Waals surface area (Å²) in [6.07, 6.45) is -6.14. The first kappa shape index (κ1) is 23.0. The highest BCUT2D eigenvalue weighted by molar-refractivity contribution is 6.20. The van der Waals surface area contributed by atoms with Gasteiger partial charge < -0.3 is 15.5 Å². The Kier molecular flexibility index (Phi) is 6.06. The number of benzene rings is 3. The number of rotatable bonds is 3. The summed E-state index contributed by atoms with van der Waals surface area (Å²) < 4.78 is 52.9. The van der Waals surface area contributed by atoms with Gasteiger partial charge in [-0.05, 0) is 24.3 Å². The lowest BCUT2D eigenvalue weighted by atomic mass is 10.0. The van der Waals surface area contributed by atoms with E-state index in [0.29, 0.717) is 40.7 Å². The molecule has 34 heavy (non-hydrogen) atoms. The Morgan fingerprint density at radius 3 is 2.38 bits per heavy atom. The van der Waals surface area contributed by atoms with Crippen LogP contribution in [0, 0.1) is 5.82 Å². The van der Waals surface area contributed by atoms with Gasteiger partial charge in [0.25, 0.3) is 5.91 Å². The molecule has 6 nitrogen and oxygen atoms in total. The van der Waals surface area contributed by atoms with Crippen molar-refractivity contribution in [2.75, 3.05) is 17.3 Å². The van der Waals surface area contributed by atoms with E-state index in [9.17, 15) is 27.2 Å². The summed E-state index contributed by atoms with van der Waals surface area (Å²) in [5, 5.41) is 4.37. The van der Waals surface area contributed by atoms with Crippen molar-refractivity contribution in [2.45, 2.75) is 12.3 Å². The van der Waals surface area contributed by atoms with E-state index in [1.807, 2.05) is 11.4 Å². The monoisotopic (exact) mass is 470 g/mol. The molecule has 3 aromatic carbocycles. The fourth-order valence-electron chi connectivity index (χ4n) is 3.52. The number of benzodiazepines with no additional fused rings is 1. The molecule has 1 heterocycles. The number of fused-ring (bicyclic) bond motifs is 1. The number of alkyl halides is 3. The summed E-state index contributed by atoms with van der Waals surface area (Å²) in [4.78, 5) is 31.4. The summed E-state index contributed by atoms with van der Waals surface area (Å²) in [7, 11) is 1.52. The van der Waals surface area contributed by atoms with E-state index in [1.54, 1.807) is 48.5 Å². The number of urea groups is 1. The van der Waals surface area contributed by atoms with Crippen LogP contribution in [0.15, 0.2) is 77.8 Å². The molecule has 1 atom stereocenters. The molecule has 0 saturated heterocycles. The van der Waals surface area contributed by atoms with Crippen molar-refractivity contribution in [1.29, 1.82) is 0 Å². The van der Waals surface area contributed by atoms with Gasteiger partial charge in [0.2, 0.25) is 6.17 Å². The standard InChI is InChI=1S/C24H18F4N4O2/c1-32-19-10-6-5-9-16(19)20(14-7-3-2-4-8-14)30-21(22(32)33)31-23(34)29-18-13-15(24(26,27)28)11-12-17(18)25/h2-13,21H,1H3,(H2,29,31,34)/t21-/m0/s1. The zero-order valence-electron chi connectivity index (χ0n) is 17.7. The minimum atomic E-state index is -4.72. The number of nitrogens with zero attached hydrogens (tertiary/aromatic N) is 2. The van der Waals surface area contributed by atoms with Gasteiger partial charge in [-0.2, -0.15) is 13.2 Å². The second-order valence-corrected chi connectivity index (χ2v) is 7.45. The number of likely N-dealkylation sites (N-methyl/N-ethyl adjacent to an activating group) is 1. The molecule has 0 radical (unpaired) electrons. The zero-order valence-corrected chi connectivity index (χ0v) is 17.7. The fraction of sp³-hybridized carbons (Fsp3) is 0.125. The topological polar surface area (TPSA) is 73.8 Å². The summed E-state index contributed by atoms with van der Waals surface area (Å²) in [6, 6.07) is 16.6. The van der Waals surface area contributed by atoms with Gasteiger partial charge in [-0.25, -0.2) is 14.2 Å². The van der Waals surface area contributed by atoms with Crippen LogP contribution in [0.25, 0.3) is 0 Å². The predicted octanol–water partition coefficient (Wildman–Crippen LogP) is 4.81. The molecule has 0 unspecified atom stereocenters. The molecule has 0 fully saturated rings. The Bertz CT molecular complexity index is 1280. The average molecular weight is 470 g/mol. The van der Waals surface area contributed by atoms with Gasteiger partial charge in [0, 0.05) is 18.2 Å². The summed E-state index contributed by atoms with van der Waals surface area (Å²) in [6.45, 7) is 0. The van der Waals surface area contributed by atoms with Gasteiger partial charge in [0.15, 0.2) is 0 Å². The molecule has 3 amide bonds. The largest absolute Gasteiger partial charge is 0.416 e. The van der Waals surface area contributed by atoms with Crippen molar-refractivity contribution in [3.63, 3.8) is 0 Å². The zero-order chi connectivity index (χ0) is 24.5. The number of anilines is 2. The van der Waals surface area contributed by atoms with Crippen molar-refractivity contribution in [1.82, 2.24) is 5.32 Å². The molecule has 174 valence electrons. The maximum absolute atomic E-state index is 14.1. The number of carbonyl (C=O) groups is 2. The van der Waals surface area contributed by atoms with Gasteiger partial charge in [0.05, 0.1) is 22.6 Å². The lowest BCUT2D eigenvalue weighted by molar-refractivity contribution is -0.137. The van der Waals surface area contributed by atoms with Crippen molar-refractivity contribution in [2.24, 2.45) is 4.99 Å². The number of halogens is 4. The molecule has 0 aromatic heterocycles. The van der Waals surface area contributed by atoms with Crippen LogP contribution in [-0.4, -0.2) is 30.9 Å². The van der Waals surface area contributed by atoms with E-state index in [2.05, 4.69) is 10.3 Å². The fourth-order valence-corrected chi connectivity index (χ4v) is 3.52. The molecule has 4 rings (SSSR count). The third-order valence-electron chi connectivity index (χ3n) is 5.20. The highest BCUT2D eigenvalue weighted by Gasteiger charge is 2.33. The molecule has 0 saturated carbocycles. The third-order valence-corrected chi connectivity index (χ3v) is 5.20. The summed E-state index contributed by atoms with van der Waals surface area (Å²) in [5.41, 5.74) is 0.521. The Morgan fingerprint density at radius 2 is 1.68 bits per heavy atom. The van der Waals surface area contributed by atoms with E-state index >= 15 is 0 Å². The Balaban J connectivity index is 1.67. The van der Waals surface area contributed by atoms with Crippen molar-refractivity contribution >= 4 is 29.0 Å². The lowest BCUT2D eigenvalue weighted by Crippen LogP contribution is -2.47. The van der Waals surface area contributed by atoms with E-state index < -0.39 is 41.3 Å². The van der Waals surface area contributed by atoms with Crippen LogP contribution in [0.5, 0.6) is 0 Å². The van der Waals surface area contributed by atoms with Crippen LogP contribution in [0.3, 0.4) is 0 Å². The first-order valence-electron chi connectivity index (χ1n) is 10.1. The first-order chi connectivity index (χ1) is 16.1. The van der Waals surface area contributed by atoms with Gasteiger partial charge in [-0.1, -0.05) is 48.5 Å². The van der Waals surface area contributed by atoms with E-state index in [4.69, 9.17) is 0 Å². The summed E-state index contributed by atoms with van der Waals surface area (Å²) in [5.74, 6) is -1.65. The molecule has 10 heteroatoms. The average Bonchev–Trinajstić information content (AvgIpc) is 2.91. The van der Waals surface area contributed by atoms with Gasteiger partial charge in [0.1, 0.15) is 5.82 Å². The van der Waals surface area contributed by atoms with Crippen LogP contribution in [0.4, 0.5) is 33.7 Å². The molecule has 1 aliphatic rings. The minimum Gasteiger partial charge on any atom is -0.311 e. The molecule has 0 aliphatic carbocycles. The molecule has 3 aromatic rings. The molecule has 0 spiro atoms. The maximum atomic E-state index is 14.1. The quantitative estimate of drug-likeness (QED) is 0.540. The van der Waals surface area contributed by atoms with Crippen LogP contribution >= 0.6 is 0 Å². The van der Waals surface area contributed by atoms with Crippen LogP contribution < -0.4 is 15.5 Å². The number of para-hydroxylation sites is 1. The Labute approximate surface area is 191 Å². The SMILES string of the molecule is CN1C(=O)[C@H](NC(=O)Nc2cc(C(F)(F)F)ccc2F)N=C(c2ccccc2)c2ccccc21. The van der Waals surface area contributed by atoms with Gasteiger partial charge in [-0.3, -0.25) is 4.79 Å². The first-order valence-corrected chi connectivity index (χ1v) is 10.1. The number of nitrogens with one attached hydrogen (secondary N) is 2. The number of amides is 3. The van der Waals surface area contributed by atoms with Crippen LogP contribution in [-0.2, 0) is 11.0 Å². The molecular weight excluding hydrogens is 452 g/mol. The third kappa shape index (κ3) is 4.61. The number of aliphatic imine (C=N–C) groups is 1. The highest BCUT2D eigenvalue weighted by Crippen LogP contribution is 2.32.